The van der Waals surface area contributed by atoms with Gasteiger partial charge in [-0.1, -0.05) is 23.7 Å². The number of methoxy groups -OCH3 is 3. The molecule has 0 amide bonds. The van der Waals surface area contributed by atoms with Crippen LogP contribution in [0.1, 0.15) is 24.5 Å². The van der Waals surface area contributed by atoms with Gasteiger partial charge in [0.05, 0.1) is 38.6 Å². The van der Waals surface area contributed by atoms with Gasteiger partial charge < -0.3 is 23.8 Å². The number of carbonyl (C=O) groups is 2. The van der Waals surface area contributed by atoms with Crippen LogP contribution in [0.3, 0.4) is 0 Å². The topological polar surface area (TPSA) is 74.3 Å². The van der Waals surface area contributed by atoms with Crippen LogP contribution in [0.5, 0.6) is 11.5 Å². The summed E-state index contributed by atoms with van der Waals surface area (Å²) >= 11 is 7.01. The number of halogens is 1. The molecule has 0 radical (unpaired) electrons. The number of esters is 2. The van der Waals surface area contributed by atoms with Crippen LogP contribution < -0.4 is 9.47 Å². The number of hydrogen-bond acceptors (Lipinski definition) is 7. The summed E-state index contributed by atoms with van der Waals surface area (Å²) in [5.74, 6) is -1.60. The predicted octanol–water partition coefficient (Wildman–Crippen LogP) is 2.68. The number of likely N-dealkylation sites (N-methyl/N-ethyl adjacent to an activating group) is 1. The molecule has 4 aliphatic carbocycles. The average molecular weight is 474 g/mol. The van der Waals surface area contributed by atoms with Gasteiger partial charge in [-0.25, -0.2) is 0 Å². The molecule has 0 unspecified atom stereocenters. The Kier molecular flexibility index (Phi) is 4.16. The van der Waals surface area contributed by atoms with Gasteiger partial charge >= 0.3 is 11.9 Å². The Hall–Kier alpha value is -2.25. The van der Waals surface area contributed by atoms with Crippen molar-refractivity contribution in [3.63, 3.8) is 0 Å². The molecular weight excluding hydrogens is 446 g/mol. The summed E-state index contributed by atoms with van der Waals surface area (Å²) < 4.78 is 23.2. The van der Waals surface area contributed by atoms with Gasteiger partial charge in [-0.2, -0.15) is 0 Å². The Morgan fingerprint density at radius 1 is 1.18 bits per heavy atom. The van der Waals surface area contributed by atoms with Gasteiger partial charge in [0.15, 0.2) is 11.5 Å². The fourth-order valence-electron chi connectivity index (χ4n) is 8.54. The largest absolute Gasteiger partial charge is 0.493 e. The molecule has 1 aromatic carbocycles. The molecule has 33 heavy (non-hydrogen) atoms. The number of piperidine rings is 1. The Bertz CT molecular complexity index is 1130. The first-order valence-electron chi connectivity index (χ1n) is 11.4. The fraction of sp³-hybridized carbons (Fsp3) is 0.600. The molecule has 2 heterocycles. The van der Waals surface area contributed by atoms with Gasteiger partial charge in [-0.15, -0.1) is 0 Å². The summed E-state index contributed by atoms with van der Waals surface area (Å²) in [5.41, 5.74) is 0.106. The second kappa shape index (κ2) is 6.45. The summed E-state index contributed by atoms with van der Waals surface area (Å²) in [4.78, 5) is 29.2. The second-order valence-electron chi connectivity index (χ2n) is 10.2. The summed E-state index contributed by atoms with van der Waals surface area (Å²) in [7, 11) is 6.45. The molecule has 4 bridgehead atoms. The smallest absolute Gasteiger partial charge is 0.310 e. The van der Waals surface area contributed by atoms with Crippen LogP contribution in [0.15, 0.2) is 23.2 Å². The van der Waals surface area contributed by atoms with Crippen LogP contribution in [-0.4, -0.2) is 63.4 Å². The highest BCUT2D eigenvalue weighted by atomic mass is 35.5. The highest BCUT2D eigenvalue weighted by molar-refractivity contribution is 6.30. The standard InChI is InChI=1S/C25H28ClNO6/c1-23-18-13(26)11-24(19(22(29)32-5)16(18)21(28)31-4)15-10-12-6-7-14(30-3)20(33-23)17(12)25(23,24)8-9-27(15)2/h6-7,11,15-16,18-19H,8-10H2,1-5H3/t15-,16-,18-,19-,23-,24+,25+/m1/s1. The first-order chi connectivity index (χ1) is 15.7. The molecule has 7 nitrogen and oxygen atoms in total. The number of hydrogen-bond donors (Lipinski definition) is 0. The summed E-state index contributed by atoms with van der Waals surface area (Å²) in [5, 5.41) is 0.555. The van der Waals surface area contributed by atoms with Gasteiger partial charge in [-0.05, 0) is 45.0 Å². The molecule has 2 fully saturated rings. The van der Waals surface area contributed by atoms with E-state index in [4.69, 9.17) is 30.5 Å². The lowest BCUT2D eigenvalue weighted by molar-refractivity contribution is -0.227. The van der Waals surface area contributed by atoms with E-state index < -0.39 is 46.1 Å². The van der Waals surface area contributed by atoms with Crippen molar-refractivity contribution in [1.29, 1.82) is 0 Å². The molecule has 7 atom stereocenters. The summed E-state index contributed by atoms with van der Waals surface area (Å²) in [6.07, 6.45) is 3.54. The molecule has 1 saturated carbocycles. The van der Waals surface area contributed by atoms with E-state index in [0.717, 1.165) is 18.5 Å². The number of ether oxygens (including phenoxy) is 4. The van der Waals surface area contributed by atoms with Crippen molar-refractivity contribution in [2.45, 2.75) is 36.8 Å². The fourth-order valence-corrected chi connectivity index (χ4v) is 9.07. The zero-order chi connectivity index (χ0) is 23.5. The third kappa shape index (κ3) is 2.01. The van der Waals surface area contributed by atoms with Gasteiger partial charge in [-0.3, -0.25) is 9.59 Å². The molecule has 8 heteroatoms. The number of benzene rings is 1. The second-order valence-corrected chi connectivity index (χ2v) is 10.6. The lowest BCUT2D eigenvalue weighted by atomic mass is 9.31. The average Bonchev–Trinajstić information content (AvgIpc) is 3.08. The Morgan fingerprint density at radius 3 is 2.58 bits per heavy atom. The molecule has 6 aliphatic rings. The van der Waals surface area contributed by atoms with E-state index in [9.17, 15) is 9.59 Å². The Labute approximate surface area is 197 Å². The van der Waals surface area contributed by atoms with Crippen molar-refractivity contribution < 1.29 is 28.5 Å². The molecule has 1 aromatic rings. The molecule has 1 saturated heterocycles. The van der Waals surface area contributed by atoms with Crippen LogP contribution in [0.25, 0.3) is 0 Å². The minimum absolute atomic E-state index is 0.0627. The van der Waals surface area contributed by atoms with Crippen LogP contribution in [0, 0.1) is 23.2 Å². The highest BCUT2D eigenvalue weighted by Crippen LogP contribution is 2.79. The molecule has 0 N–H and O–H groups in total. The van der Waals surface area contributed by atoms with E-state index >= 15 is 0 Å². The van der Waals surface area contributed by atoms with Gasteiger partial charge in [0.25, 0.3) is 0 Å². The minimum Gasteiger partial charge on any atom is -0.493 e. The summed E-state index contributed by atoms with van der Waals surface area (Å²) in [6.45, 7) is 2.90. The van der Waals surface area contributed by atoms with E-state index in [-0.39, 0.29) is 6.04 Å². The normalized spacial score (nSPS) is 41.6. The Morgan fingerprint density at radius 2 is 1.91 bits per heavy atom. The van der Waals surface area contributed by atoms with Crippen molar-refractivity contribution in [2.75, 3.05) is 34.9 Å². The van der Waals surface area contributed by atoms with Gasteiger partial charge in [0.2, 0.25) is 0 Å². The lowest BCUT2D eigenvalue weighted by Crippen LogP contribution is -2.82. The zero-order valence-corrected chi connectivity index (χ0v) is 20.2. The number of nitrogens with zero attached hydrogens (tertiary/aromatic N) is 1. The van der Waals surface area contributed by atoms with E-state index in [1.165, 1.54) is 19.8 Å². The molecular formula is C25H28ClNO6. The Balaban J connectivity index is 1.77. The highest BCUT2D eigenvalue weighted by Gasteiger charge is 2.85. The quantitative estimate of drug-likeness (QED) is 0.625. The monoisotopic (exact) mass is 473 g/mol. The number of likely N-dealkylation sites (tertiary alicyclic amines) is 1. The van der Waals surface area contributed by atoms with Crippen LogP contribution in [-0.2, 0) is 30.9 Å². The number of carbonyl (C=O) groups excluding carboxylic acids is 2. The number of fused-ring (bicyclic) bond motifs is 1. The van der Waals surface area contributed by atoms with Crippen molar-refractivity contribution in [3.8, 4) is 11.5 Å². The van der Waals surface area contributed by atoms with E-state index in [0.29, 0.717) is 23.0 Å². The molecule has 2 spiro atoms. The van der Waals surface area contributed by atoms with Crippen LogP contribution in [0.2, 0.25) is 0 Å². The van der Waals surface area contributed by atoms with Gasteiger partial charge in [0.1, 0.15) is 5.60 Å². The molecule has 0 aromatic heterocycles. The third-order valence-corrected chi connectivity index (χ3v) is 9.86. The van der Waals surface area contributed by atoms with E-state index in [1.807, 2.05) is 6.07 Å². The first-order valence-corrected chi connectivity index (χ1v) is 11.7. The molecule has 176 valence electrons. The van der Waals surface area contributed by atoms with Crippen LogP contribution >= 0.6 is 11.6 Å². The van der Waals surface area contributed by atoms with Crippen molar-refractivity contribution >= 4 is 23.5 Å². The predicted molar refractivity (Wildman–Crippen MR) is 119 cm³/mol. The third-order valence-electron chi connectivity index (χ3n) is 9.52. The SMILES string of the molecule is COC(=O)[C@@H]1[C@H]2C(Cl)=C[C@@]3([C@H]1C(=O)OC)[C@H]1Cc4ccc(OC)c5c4[C@@]3(CCN1C)[C@]2(C)O5. The van der Waals surface area contributed by atoms with E-state index in [1.54, 1.807) is 7.11 Å². The summed E-state index contributed by atoms with van der Waals surface area (Å²) in [6, 6.07) is 4.00. The maximum Gasteiger partial charge on any atom is 0.310 e. The van der Waals surface area contributed by atoms with E-state index in [2.05, 4.69) is 31.0 Å². The van der Waals surface area contributed by atoms with Crippen molar-refractivity contribution in [1.82, 2.24) is 4.90 Å². The lowest BCUT2D eigenvalue weighted by Gasteiger charge is -2.73. The van der Waals surface area contributed by atoms with Crippen molar-refractivity contribution in [2.24, 2.45) is 23.2 Å². The molecule has 2 aliphatic heterocycles. The van der Waals surface area contributed by atoms with Crippen molar-refractivity contribution in [3.05, 3.63) is 34.4 Å². The number of rotatable bonds is 3. The maximum absolute atomic E-state index is 13.6. The zero-order valence-electron chi connectivity index (χ0n) is 19.4. The minimum atomic E-state index is -0.853. The maximum atomic E-state index is 13.6. The molecule has 7 rings (SSSR count). The van der Waals surface area contributed by atoms with Gasteiger partial charge in [0, 0.05) is 28.0 Å². The van der Waals surface area contributed by atoms with Crippen LogP contribution in [0.4, 0.5) is 0 Å². The first kappa shape index (κ1) is 21.3.